The molecule has 0 unspecified atom stereocenters. The molecule has 0 bridgehead atoms. The van der Waals surface area contributed by atoms with Crippen molar-refractivity contribution in [1.82, 2.24) is 9.88 Å². The molecule has 1 aromatic carbocycles. The number of H-pyrrole nitrogens is 1. The van der Waals surface area contributed by atoms with E-state index in [0.29, 0.717) is 31.9 Å². The van der Waals surface area contributed by atoms with Gasteiger partial charge in [-0.1, -0.05) is 11.6 Å². The van der Waals surface area contributed by atoms with Crippen molar-refractivity contribution in [3.05, 3.63) is 29.5 Å². The second kappa shape index (κ2) is 8.14. The fourth-order valence-electron chi connectivity index (χ4n) is 4.06. The summed E-state index contributed by atoms with van der Waals surface area (Å²) in [4.78, 5) is 30.1. The van der Waals surface area contributed by atoms with Crippen LogP contribution in [0.2, 0.25) is 0 Å². The molecular formula is C21H27N3O5. The van der Waals surface area contributed by atoms with Gasteiger partial charge in [-0.15, -0.1) is 0 Å². The summed E-state index contributed by atoms with van der Waals surface area (Å²) in [6.45, 7) is 5.62. The van der Waals surface area contributed by atoms with Crippen molar-refractivity contribution in [1.29, 1.82) is 0 Å². The lowest BCUT2D eigenvalue weighted by Crippen LogP contribution is -2.45. The van der Waals surface area contributed by atoms with Crippen LogP contribution in [-0.4, -0.2) is 67.5 Å². The number of carbonyl (C=O) groups is 2. The van der Waals surface area contributed by atoms with Crippen LogP contribution in [0.15, 0.2) is 18.2 Å². The molecule has 29 heavy (non-hydrogen) atoms. The Bertz CT molecular complexity index is 906. The van der Waals surface area contributed by atoms with Crippen molar-refractivity contribution < 1.29 is 23.8 Å². The fraction of sp³-hybridized carbons (Fsp3) is 0.524. The number of amides is 1. The van der Waals surface area contributed by atoms with Gasteiger partial charge in [-0.05, 0) is 19.1 Å². The van der Waals surface area contributed by atoms with E-state index in [9.17, 15) is 9.59 Å². The van der Waals surface area contributed by atoms with Crippen LogP contribution in [0.25, 0.3) is 10.9 Å². The summed E-state index contributed by atoms with van der Waals surface area (Å²) in [5.41, 5.74) is 2.56. The lowest BCUT2D eigenvalue weighted by Gasteiger charge is -2.37. The number of benzene rings is 1. The molecule has 1 aromatic heterocycles. The van der Waals surface area contributed by atoms with Crippen molar-refractivity contribution in [2.75, 3.05) is 45.3 Å². The molecule has 2 saturated heterocycles. The molecule has 2 aliphatic rings. The highest BCUT2D eigenvalue weighted by molar-refractivity contribution is 6.11. The van der Waals surface area contributed by atoms with Gasteiger partial charge < -0.3 is 29.4 Å². The predicted molar refractivity (Wildman–Crippen MR) is 108 cm³/mol. The number of aromatic nitrogens is 1. The van der Waals surface area contributed by atoms with Gasteiger partial charge in [0.15, 0.2) is 5.79 Å². The minimum absolute atomic E-state index is 0.133. The Morgan fingerprint density at radius 2 is 1.97 bits per heavy atom. The zero-order valence-corrected chi connectivity index (χ0v) is 16.9. The summed E-state index contributed by atoms with van der Waals surface area (Å²) in [5.74, 6) is -1.05. The molecule has 0 saturated carbocycles. The number of methoxy groups -OCH3 is 1. The van der Waals surface area contributed by atoms with Crippen LogP contribution in [-0.2, 0) is 19.0 Å². The quantitative estimate of drug-likeness (QED) is 0.748. The van der Waals surface area contributed by atoms with E-state index in [0.717, 1.165) is 42.4 Å². The molecule has 2 fully saturated rings. The van der Waals surface area contributed by atoms with Crippen LogP contribution >= 0.6 is 0 Å². The fourth-order valence-corrected chi connectivity index (χ4v) is 4.06. The van der Waals surface area contributed by atoms with Gasteiger partial charge in [0.2, 0.25) is 5.91 Å². The zero-order valence-electron chi connectivity index (χ0n) is 16.9. The number of likely N-dealkylation sites (tertiary alicyclic amines) is 1. The summed E-state index contributed by atoms with van der Waals surface area (Å²) in [6, 6.07) is 5.79. The summed E-state index contributed by atoms with van der Waals surface area (Å²) < 4.78 is 16.4. The topological polar surface area (TPSA) is 92.9 Å². The van der Waals surface area contributed by atoms with Gasteiger partial charge >= 0.3 is 5.97 Å². The number of ether oxygens (including phenoxy) is 3. The molecule has 2 N–H and O–H groups in total. The minimum atomic E-state index is -0.507. The van der Waals surface area contributed by atoms with E-state index in [1.807, 2.05) is 25.1 Å². The number of rotatable bonds is 5. The highest BCUT2D eigenvalue weighted by atomic mass is 16.7. The molecule has 3 heterocycles. The normalized spacial score (nSPS) is 19.0. The third-order valence-electron chi connectivity index (χ3n) is 5.69. The molecule has 1 spiro atoms. The molecule has 0 radical (unpaired) electrons. The van der Waals surface area contributed by atoms with Gasteiger partial charge in [0.25, 0.3) is 0 Å². The SMILES string of the molecule is COC(=O)c1[nH]c2ccc(C)cc2c1NC(=O)CCN1CCC2(CC1)OCCO2. The van der Waals surface area contributed by atoms with Crippen molar-refractivity contribution in [2.24, 2.45) is 0 Å². The number of nitrogens with zero attached hydrogens (tertiary/aromatic N) is 1. The van der Waals surface area contributed by atoms with Crippen LogP contribution < -0.4 is 5.32 Å². The average molecular weight is 401 g/mol. The third-order valence-corrected chi connectivity index (χ3v) is 5.69. The van der Waals surface area contributed by atoms with Gasteiger partial charge in [-0.2, -0.15) is 0 Å². The highest BCUT2D eigenvalue weighted by Gasteiger charge is 2.39. The second-order valence-electron chi connectivity index (χ2n) is 7.66. The Morgan fingerprint density at radius 1 is 1.24 bits per heavy atom. The summed E-state index contributed by atoms with van der Waals surface area (Å²) in [5, 5.41) is 3.72. The molecule has 8 nitrogen and oxygen atoms in total. The zero-order chi connectivity index (χ0) is 20.4. The number of nitrogens with one attached hydrogen (secondary N) is 2. The first-order valence-electron chi connectivity index (χ1n) is 10.0. The van der Waals surface area contributed by atoms with Crippen LogP contribution in [0.5, 0.6) is 0 Å². The number of fused-ring (bicyclic) bond motifs is 1. The Morgan fingerprint density at radius 3 is 2.66 bits per heavy atom. The van der Waals surface area contributed by atoms with Crippen LogP contribution in [0.3, 0.4) is 0 Å². The highest BCUT2D eigenvalue weighted by Crippen LogP contribution is 2.32. The number of aromatic amines is 1. The number of hydrogen-bond donors (Lipinski definition) is 2. The van der Waals surface area contributed by atoms with Gasteiger partial charge in [0.1, 0.15) is 5.69 Å². The average Bonchev–Trinajstić information content (AvgIpc) is 3.32. The maximum absolute atomic E-state index is 12.6. The van der Waals surface area contributed by atoms with Gasteiger partial charge in [0.05, 0.1) is 26.0 Å². The Hall–Kier alpha value is -2.42. The van der Waals surface area contributed by atoms with E-state index in [1.165, 1.54) is 7.11 Å². The summed E-state index contributed by atoms with van der Waals surface area (Å²) in [7, 11) is 1.32. The van der Waals surface area contributed by atoms with Gasteiger partial charge in [0, 0.05) is 49.8 Å². The summed E-state index contributed by atoms with van der Waals surface area (Å²) in [6.07, 6.45) is 1.99. The number of anilines is 1. The molecule has 8 heteroatoms. The van der Waals surface area contributed by atoms with E-state index in [-0.39, 0.29) is 11.6 Å². The van der Waals surface area contributed by atoms with E-state index in [4.69, 9.17) is 14.2 Å². The van der Waals surface area contributed by atoms with Crippen molar-refractivity contribution >= 4 is 28.5 Å². The van der Waals surface area contributed by atoms with E-state index >= 15 is 0 Å². The van der Waals surface area contributed by atoms with Crippen molar-refractivity contribution in [3.63, 3.8) is 0 Å². The first-order chi connectivity index (χ1) is 14.0. The Kier molecular flexibility index (Phi) is 5.58. The number of aryl methyl sites for hydroxylation is 1. The maximum Gasteiger partial charge on any atom is 0.356 e. The first-order valence-corrected chi connectivity index (χ1v) is 10.0. The van der Waals surface area contributed by atoms with Gasteiger partial charge in [-0.3, -0.25) is 4.79 Å². The van der Waals surface area contributed by atoms with Crippen molar-refractivity contribution in [3.8, 4) is 0 Å². The maximum atomic E-state index is 12.6. The molecule has 2 aliphatic heterocycles. The van der Waals surface area contributed by atoms with Crippen molar-refractivity contribution in [2.45, 2.75) is 32.0 Å². The number of piperidine rings is 1. The van der Waals surface area contributed by atoms with E-state index in [1.54, 1.807) is 0 Å². The molecule has 156 valence electrons. The summed E-state index contributed by atoms with van der Waals surface area (Å²) >= 11 is 0. The Balaban J connectivity index is 1.40. The largest absolute Gasteiger partial charge is 0.464 e. The lowest BCUT2D eigenvalue weighted by atomic mass is 10.0. The minimum Gasteiger partial charge on any atom is -0.464 e. The number of carbonyl (C=O) groups excluding carboxylic acids is 2. The monoisotopic (exact) mass is 401 g/mol. The molecular weight excluding hydrogens is 374 g/mol. The molecule has 1 amide bonds. The van der Waals surface area contributed by atoms with Crippen LogP contribution in [0.1, 0.15) is 35.3 Å². The third kappa shape index (κ3) is 4.14. The van der Waals surface area contributed by atoms with E-state index < -0.39 is 11.8 Å². The standard InChI is InChI=1S/C21H27N3O5/c1-14-3-4-16-15(13-14)18(19(22-16)20(26)27-2)23-17(25)5-8-24-9-6-21(7-10-24)28-11-12-29-21/h3-4,13,22H,5-12H2,1-2H3,(H,23,25). The number of esters is 1. The molecule has 0 aliphatic carbocycles. The first kappa shape index (κ1) is 19.9. The Labute approximate surface area is 169 Å². The lowest BCUT2D eigenvalue weighted by molar-refractivity contribution is -0.185. The van der Waals surface area contributed by atoms with Crippen LogP contribution in [0, 0.1) is 6.92 Å². The predicted octanol–water partition coefficient (Wildman–Crippen LogP) is 2.43. The second-order valence-corrected chi connectivity index (χ2v) is 7.66. The molecule has 4 rings (SSSR count). The smallest absolute Gasteiger partial charge is 0.356 e. The molecule has 0 atom stereocenters. The number of hydrogen-bond acceptors (Lipinski definition) is 6. The van der Waals surface area contributed by atoms with E-state index in [2.05, 4.69) is 15.2 Å². The van der Waals surface area contributed by atoms with Crippen LogP contribution in [0.4, 0.5) is 5.69 Å². The van der Waals surface area contributed by atoms with Gasteiger partial charge in [-0.25, -0.2) is 4.79 Å². The molecule has 2 aromatic rings.